The molecule has 1 saturated heterocycles. The summed E-state index contributed by atoms with van der Waals surface area (Å²) in [5, 5.41) is 11.0. The Hall–Kier alpha value is -2.96. The third-order valence-corrected chi connectivity index (χ3v) is 5.41. The van der Waals surface area contributed by atoms with Crippen molar-refractivity contribution in [3.63, 3.8) is 0 Å². The first-order valence-electron chi connectivity index (χ1n) is 9.43. The zero-order valence-corrected chi connectivity index (χ0v) is 15.9. The second kappa shape index (κ2) is 8.37. The van der Waals surface area contributed by atoms with Crippen molar-refractivity contribution in [1.82, 2.24) is 4.90 Å². The average Bonchev–Trinajstić information content (AvgIpc) is 2.68. The number of piperidine rings is 1. The summed E-state index contributed by atoms with van der Waals surface area (Å²) in [6.07, 6.45) is 3.77. The average molecular weight is 385 g/mol. The highest BCUT2D eigenvalue weighted by molar-refractivity contribution is 6.01. The monoisotopic (exact) mass is 385 g/mol. The molecular formula is C21H24FN3O3. The molecule has 1 aliphatic heterocycles. The van der Waals surface area contributed by atoms with E-state index >= 15 is 0 Å². The summed E-state index contributed by atoms with van der Waals surface area (Å²) < 4.78 is 13.7. The predicted octanol–water partition coefficient (Wildman–Crippen LogP) is 4.11. The first-order chi connectivity index (χ1) is 13.3. The van der Waals surface area contributed by atoms with Gasteiger partial charge >= 0.3 is 0 Å². The van der Waals surface area contributed by atoms with Gasteiger partial charge in [-0.2, -0.15) is 0 Å². The number of likely N-dealkylation sites (tertiary alicyclic amines) is 1. The zero-order chi connectivity index (χ0) is 20.3. The molecule has 148 valence electrons. The number of anilines is 1. The molecule has 6 nitrogen and oxygen atoms in total. The summed E-state index contributed by atoms with van der Waals surface area (Å²) in [7, 11) is 0. The zero-order valence-electron chi connectivity index (χ0n) is 15.9. The Kier molecular flexibility index (Phi) is 5.92. The van der Waals surface area contributed by atoms with E-state index in [0.29, 0.717) is 19.0 Å². The molecule has 28 heavy (non-hydrogen) atoms. The molecular weight excluding hydrogens is 361 g/mol. The number of amides is 1. The summed E-state index contributed by atoms with van der Waals surface area (Å²) in [4.78, 5) is 24.6. The van der Waals surface area contributed by atoms with Crippen LogP contribution in [-0.2, 0) is 6.42 Å². The molecule has 0 saturated carbocycles. The Balaban J connectivity index is 1.59. The lowest BCUT2D eigenvalue weighted by Crippen LogP contribution is -2.39. The van der Waals surface area contributed by atoms with Gasteiger partial charge in [-0.25, -0.2) is 4.39 Å². The molecule has 1 heterocycles. The van der Waals surface area contributed by atoms with Gasteiger partial charge in [0.05, 0.1) is 16.6 Å². The topological polar surface area (TPSA) is 89.5 Å². The number of nitro groups is 1. The van der Waals surface area contributed by atoms with Gasteiger partial charge in [0, 0.05) is 13.1 Å². The number of hydrogen-bond donors (Lipinski definition) is 1. The Morgan fingerprint density at radius 3 is 2.50 bits per heavy atom. The van der Waals surface area contributed by atoms with Crippen LogP contribution < -0.4 is 5.73 Å². The molecule has 0 spiro atoms. The minimum absolute atomic E-state index is 0.134. The maximum Gasteiger partial charge on any atom is 0.295 e. The molecule has 2 aromatic rings. The van der Waals surface area contributed by atoms with Gasteiger partial charge in [-0.1, -0.05) is 29.8 Å². The minimum atomic E-state index is -0.836. The van der Waals surface area contributed by atoms with Gasteiger partial charge in [0.25, 0.3) is 11.6 Å². The maximum absolute atomic E-state index is 13.7. The largest absolute Gasteiger partial charge is 0.393 e. The van der Waals surface area contributed by atoms with Crippen LogP contribution in [0.15, 0.2) is 36.4 Å². The smallest absolute Gasteiger partial charge is 0.295 e. The van der Waals surface area contributed by atoms with Gasteiger partial charge in [0.1, 0.15) is 11.5 Å². The van der Waals surface area contributed by atoms with E-state index in [9.17, 15) is 19.3 Å². The van der Waals surface area contributed by atoms with Crippen LogP contribution >= 0.6 is 0 Å². The second-order valence-corrected chi connectivity index (χ2v) is 7.40. The van der Waals surface area contributed by atoms with E-state index < -0.39 is 22.3 Å². The van der Waals surface area contributed by atoms with E-state index in [-0.39, 0.29) is 11.3 Å². The lowest BCUT2D eigenvalue weighted by Gasteiger charge is -2.32. The molecule has 1 fully saturated rings. The molecule has 0 atom stereocenters. The molecule has 2 N–H and O–H groups in total. The molecule has 0 aromatic heterocycles. The van der Waals surface area contributed by atoms with Crippen LogP contribution in [0.5, 0.6) is 0 Å². The number of halogens is 1. The van der Waals surface area contributed by atoms with Crippen molar-refractivity contribution in [1.29, 1.82) is 0 Å². The van der Waals surface area contributed by atoms with E-state index in [1.165, 1.54) is 11.1 Å². The Morgan fingerprint density at radius 2 is 1.89 bits per heavy atom. The molecule has 1 amide bonds. The van der Waals surface area contributed by atoms with Crippen molar-refractivity contribution in [2.24, 2.45) is 5.92 Å². The van der Waals surface area contributed by atoms with Crippen LogP contribution in [0.1, 0.15) is 40.7 Å². The fraction of sp³-hybridized carbons (Fsp3) is 0.381. The Morgan fingerprint density at radius 1 is 1.25 bits per heavy atom. The first-order valence-corrected chi connectivity index (χ1v) is 9.43. The molecule has 0 bridgehead atoms. The number of nitrogens with two attached hydrogens (primary N) is 1. The van der Waals surface area contributed by atoms with Crippen molar-refractivity contribution in [2.45, 2.75) is 32.6 Å². The van der Waals surface area contributed by atoms with Crippen LogP contribution in [0, 0.1) is 28.8 Å². The lowest BCUT2D eigenvalue weighted by molar-refractivity contribution is -0.384. The lowest BCUT2D eigenvalue weighted by atomic mass is 9.90. The highest BCUT2D eigenvalue weighted by atomic mass is 19.1. The summed E-state index contributed by atoms with van der Waals surface area (Å²) in [6.45, 7) is 3.15. The number of carbonyl (C=O) groups excluding carboxylic acids is 1. The number of nitro benzene ring substituents is 1. The normalized spacial score (nSPS) is 14.9. The number of hydrogen-bond acceptors (Lipinski definition) is 4. The fourth-order valence-electron chi connectivity index (χ4n) is 3.65. The van der Waals surface area contributed by atoms with Crippen LogP contribution in [-0.4, -0.2) is 28.8 Å². The van der Waals surface area contributed by atoms with Crippen molar-refractivity contribution in [2.75, 3.05) is 18.8 Å². The van der Waals surface area contributed by atoms with Gasteiger partial charge in [-0.15, -0.1) is 0 Å². The molecule has 2 aromatic carbocycles. The predicted molar refractivity (Wildman–Crippen MR) is 106 cm³/mol. The van der Waals surface area contributed by atoms with Crippen molar-refractivity contribution < 1.29 is 14.1 Å². The van der Waals surface area contributed by atoms with Gasteiger partial charge < -0.3 is 10.6 Å². The van der Waals surface area contributed by atoms with Gasteiger partial charge in [0.2, 0.25) is 0 Å². The highest BCUT2D eigenvalue weighted by Gasteiger charge is 2.28. The number of nitrogens with zero attached hydrogens (tertiary/aromatic N) is 2. The van der Waals surface area contributed by atoms with Crippen LogP contribution in [0.4, 0.5) is 15.8 Å². The first kappa shape index (κ1) is 19.8. The number of carbonyl (C=O) groups is 1. The number of aryl methyl sites for hydroxylation is 2. The van der Waals surface area contributed by atoms with Gasteiger partial charge in [-0.05, 0) is 50.2 Å². The van der Waals surface area contributed by atoms with Crippen molar-refractivity contribution in [3.05, 3.63) is 69.0 Å². The summed E-state index contributed by atoms with van der Waals surface area (Å²) in [5.41, 5.74) is 7.32. The van der Waals surface area contributed by atoms with E-state index in [0.717, 1.165) is 37.8 Å². The SMILES string of the molecule is Cc1ccc(CCC2CCN(C(=O)c3cc(F)cc([N+](=O)[O-])c3N)CC2)cc1. The molecule has 3 rings (SSSR count). The summed E-state index contributed by atoms with van der Waals surface area (Å²) in [6, 6.07) is 10.2. The van der Waals surface area contributed by atoms with Gasteiger partial charge in [0.15, 0.2) is 0 Å². The van der Waals surface area contributed by atoms with E-state index in [2.05, 4.69) is 31.2 Å². The number of rotatable bonds is 5. The Labute approximate surface area is 163 Å². The third-order valence-electron chi connectivity index (χ3n) is 5.41. The maximum atomic E-state index is 13.7. The second-order valence-electron chi connectivity index (χ2n) is 7.40. The number of nitrogen functional groups attached to an aromatic ring is 1. The van der Waals surface area contributed by atoms with E-state index in [1.54, 1.807) is 4.90 Å². The fourth-order valence-corrected chi connectivity index (χ4v) is 3.65. The highest BCUT2D eigenvalue weighted by Crippen LogP contribution is 2.29. The van der Waals surface area contributed by atoms with Crippen LogP contribution in [0.3, 0.4) is 0 Å². The summed E-state index contributed by atoms with van der Waals surface area (Å²) >= 11 is 0. The molecule has 1 aliphatic rings. The van der Waals surface area contributed by atoms with E-state index in [1.807, 2.05) is 0 Å². The van der Waals surface area contributed by atoms with Gasteiger partial charge in [-0.3, -0.25) is 14.9 Å². The van der Waals surface area contributed by atoms with Crippen LogP contribution in [0.25, 0.3) is 0 Å². The number of benzene rings is 2. The molecule has 0 radical (unpaired) electrons. The standard InChI is InChI=1S/C21H24FN3O3/c1-14-2-4-15(5-3-14)6-7-16-8-10-24(11-9-16)21(26)18-12-17(22)13-19(20(18)23)25(27)28/h2-5,12-13,16H,6-11,23H2,1H3. The van der Waals surface area contributed by atoms with Crippen molar-refractivity contribution in [3.8, 4) is 0 Å². The summed E-state index contributed by atoms with van der Waals surface area (Å²) in [5.74, 6) is -0.765. The quantitative estimate of drug-likeness (QED) is 0.476. The minimum Gasteiger partial charge on any atom is -0.393 e. The molecule has 0 unspecified atom stereocenters. The third kappa shape index (κ3) is 4.47. The molecule has 0 aliphatic carbocycles. The Bertz CT molecular complexity index is 875. The van der Waals surface area contributed by atoms with Crippen molar-refractivity contribution >= 4 is 17.3 Å². The van der Waals surface area contributed by atoms with E-state index in [4.69, 9.17) is 5.73 Å². The molecule has 7 heteroatoms. The van der Waals surface area contributed by atoms with Crippen LogP contribution in [0.2, 0.25) is 0 Å².